The second kappa shape index (κ2) is 7.30. The molecule has 0 saturated carbocycles. The molecule has 2 aromatic rings. The van der Waals surface area contributed by atoms with Gasteiger partial charge in [0.25, 0.3) is 5.91 Å². The zero-order chi connectivity index (χ0) is 17.9. The van der Waals surface area contributed by atoms with Crippen molar-refractivity contribution in [1.82, 2.24) is 15.5 Å². The molecule has 0 radical (unpaired) electrons. The minimum absolute atomic E-state index is 0.0765. The highest BCUT2D eigenvalue weighted by atomic mass is 16.2. The molecule has 2 N–H and O–H groups in total. The highest BCUT2D eigenvalue weighted by Crippen LogP contribution is 2.17. The maximum absolute atomic E-state index is 12.4. The third-order valence-corrected chi connectivity index (χ3v) is 5.12. The van der Waals surface area contributed by atoms with Crippen LogP contribution in [0.2, 0.25) is 0 Å². The summed E-state index contributed by atoms with van der Waals surface area (Å²) < 4.78 is 0. The van der Waals surface area contributed by atoms with Crippen molar-refractivity contribution >= 4 is 11.8 Å². The van der Waals surface area contributed by atoms with E-state index in [1.165, 1.54) is 11.1 Å². The van der Waals surface area contributed by atoms with Gasteiger partial charge in [0, 0.05) is 44.7 Å². The van der Waals surface area contributed by atoms with Crippen LogP contribution < -0.4 is 10.6 Å². The van der Waals surface area contributed by atoms with Crippen LogP contribution in [0.4, 0.5) is 0 Å². The second-order valence-corrected chi connectivity index (χ2v) is 7.01. The molecule has 4 rings (SSSR count). The van der Waals surface area contributed by atoms with Crippen LogP contribution in [-0.2, 0) is 31.0 Å². The molecular formula is C21H23N3O2. The molecule has 0 aromatic heterocycles. The van der Waals surface area contributed by atoms with Crippen LogP contribution in [0.25, 0.3) is 0 Å². The Kier molecular flexibility index (Phi) is 4.71. The van der Waals surface area contributed by atoms with Gasteiger partial charge in [0.2, 0.25) is 5.91 Å². The summed E-state index contributed by atoms with van der Waals surface area (Å²) in [4.78, 5) is 25.9. The zero-order valence-electron chi connectivity index (χ0n) is 14.8. The summed E-state index contributed by atoms with van der Waals surface area (Å²) in [6.07, 6.45) is 1.59. The number of carbonyl (C=O) groups is 2. The number of hydrogen-bond donors (Lipinski definition) is 2. The number of benzene rings is 2. The first-order valence-corrected chi connectivity index (χ1v) is 9.15. The minimum Gasteiger partial charge on any atom is -0.348 e. The monoisotopic (exact) mass is 349 g/mol. The Balaban J connectivity index is 1.33. The molecule has 5 nitrogen and oxygen atoms in total. The third-order valence-electron chi connectivity index (χ3n) is 5.12. The molecule has 0 bridgehead atoms. The summed E-state index contributed by atoms with van der Waals surface area (Å²) in [5.74, 6) is 0.142. The van der Waals surface area contributed by atoms with Gasteiger partial charge in [-0.05, 0) is 40.8 Å². The molecule has 0 atom stereocenters. The number of nitrogens with zero attached hydrogens (tertiary/aromatic N) is 1. The molecule has 0 aliphatic carbocycles. The van der Waals surface area contributed by atoms with Crippen LogP contribution >= 0.6 is 0 Å². The van der Waals surface area contributed by atoms with E-state index in [-0.39, 0.29) is 11.8 Å². The fourth-order valence-corrected chi connectivity index (χ4v) is 3.60. The zero-order valence-corrected chi connectivity index (χ0v) is 14.8. The quantitative estimate of drug-likeness (QED) is 0.871. The number of amides is 2. The van der Waals surface area contributed by atoms with Gasteiger partial charge in [0.15, 0.2) is 0 Å². The summed E-state index contributed by atoms with van der Waals surface area (Å²) >= 11 is 0. The Morgan fingerprint density at radius 2 is 1.81 bits per heavy atom. The molecule has 2 amide bonds. The van der Waals surface area contributed by atoms with Crippen molar-refractivity contribution < 1.29 is 9.59 Å². The molecule has 134 valence electrons. The standard InChI is InChI=1S/C21H23N3O2/c25-20-2-1-9-24(20)14-15-3-6-17(7-4-15)21(26)23-11-16-5-8-18-12-22-13-19(18)10-16/h3-8,10,22H,1-2,9,11-14H2,(H,23,26). The number of hydrogen-bond acceptors (Lipinski definition) is 3. The Bertz CT molecular complexity index is 830. The van der Waals surface area contributed by atoms with Gasteiger partial charge in [0.1, 0.15) is 0 Å². The lowest BCUT2D eigenvalue weighted by Gasteiger charge is -2.15. The van der Waals surface area contributed by atoms with Gasteiger partial charge in [-0.2, -0.15) is 0 Å². The smallest absolute Gasteiger partial charge is 0.251 e. The van der Waals surface area contributed by atoms with E-state index >= 15 is 0 Å². The van der Waals surface area contributed by atoms with E-state index in [2.05, 4.69) is 28.8 Å². The summed E-state index contributed by atoms with van der Waals surface area (Å²) in [7, 11) is 0. The van der Waals surface area contributed by atoms with Crippen molar-refractivity contribution in [2.45, 2.75) is 39.0 Å². The molecule has 1 fully saturated rings. The summed E-state index contributed by atoms with van der Waals surface area (Å²) in [5.41, 5.74) is 5.47. The lowest BCUT2D eigenvalue weighted by molar-refractivity contribution is -0.128. The lowest BCUT2D eigenvalue weighted by Crippen LogP contribution is -2.24. The van der Waals surface area contributed by atoms with Crippen LogP contribution in [0.1, 0.15) is 45.5 Å². The van der Waals surface area contributed by atoms with Crippen molar-refractivity contribution in [3.63, 3.8) is 0 Å². The molecule has 2 aliphatic heterocycles. The van der Waals surface area contributed by atoms with Gasteiger partial charge in [-0.25, -0.2) is 0 Å². The number of nitrogens with one attached hydrogen (secondary N) is 2. The van der Waals surface area contributed by atoms with E-state index in [1.807, 2.05) is 29.2 Å². The van der Waals surface area contributed by atoms with Gasteiger partial charge in [-0.15, -0.1) is 0 Å². The van der Waals surface area contributed by atoms with Gasteiger partial charge in [0.05, 0.1) is 0 Å². The fraction of sp³-hybridized carbons (Fsp3) is 0.333. The predicted octanol–water partition coefficient (Wildman–Crippen LogP) is 2.34. The maximum atomic E-state index is 12.4. The number of carbonyl (C=O) groups excluding carboxylic acids is 2. The van der Waals surface area contributed by atoms with Crippen molar-refractivity contribution in [2.75, 3.05) is 6.54 Å². The van der Waals surface area contributed by atoms with E-state index in [0.29, 0.717) is 25.1 Å². The Labute approximate surface area is 153 Å². The third kappa shape index (κ3) is 3.63. The van der Waals surface area contributed by atoms with Gasteiger partial charge in [-0.1, -0.05) is 30.3 Å². The molecular weight excluding hydrogens is 326 g/mol. The second-order valence-electron chi connectivity index (χ2n) is 7.01. The molecule has 1 saturated heterocycles. The van der Waals surface area contributed by atoms with Crippen LogP contribution in [-0.4, -0.2) is 23.3 Å². The normalized spacial score (nSPS) is 16.0. The highest BCUT2D eigenvalue weighted by molar-refractivity contribution is 5.94. The Morgan fingerprint density at radius 1 is 1.04 bits per heavy atom. The molecule has 2 aliphatic rings. The van der Waals surface area contributed by atoms with E-state index < -0.39 is 0 Å². The molecule has 5 heteroatoms. The van der Waals surface area contributed by atoms with Crippen LogP contribution in [0.3, 0.4) is 0 Å². The number of rotatable bonds is 5. The van der Waals surface area contributed by atoms with E-state index in [1.54, 1.807) is 0 Å². The van der Waals surface area contributed by atoms with Crippen LogP contribution in [0.5, 0.6) is 0 Å². The minimum atomic E-state index is -0.0765. The van der Waals surface area contributed by atoms with Crippen LogP contribution in [0.15, 0.2) is 42.5 Å². The summed E-state index contributed by atoms with van der Waals surface area (Å²) in [6.45, 7) is 3.81. The van der Waals surface area contributed by atoms with Gasteiger partial charge < -0.3 is 15.5 Å². The van der Waals surface area contributed by atoms with Gasteiger partial charge in [-0.3, -0.25) is 9.59 Å². The summed E-state index contributed by atoms with van der Waals surface area (Å²) in [5, 5.41) is 6.31. The topological polar surface area (TPSA) is 61.4 Å². The van der Waals surface area contributed by atoms with Crippen LogP contribution in [0, 0.1) is 0 Å². The van der Waals surface area contributed by atoms with Crippen molar-refractivity contribution in [1.29, 1.82) is 0 Å². The molecule has 0 spiro atoms. The van der Waals surface area contributed by atoms with Gasteiger partial charge >= 0.3 is 0 Å². The molecule has 2 heterocycles. The largest absolute Gasteiger partial charge is 0.348 e. The number of likely N-dealkylation sites (tertiary alicyclic amines) is 1. The average molecular weight is 349 g/mol. The summed E-state index contributed by atoms with van der Waals surface area (Å²) in [6, 6.07) is 13.9. The average Bonchev–Trinajstić information content (AvgIpc) is 3.29. The molecule has 26 heavy (non-hydrogen) atoms. The number of fused-ring (bicyclic) bond motifs is 1. The highest BCUT2D eigenvalue weighted by Gasteiger charge is 2.20. The van der Waals surface area contributed by atoms with Crippen molar-refractivity contribution in [2.24, 2.45) is 0 Å². The first-order valence-electron chi connectivity index (χ1n) is 9.15. The predicted molar refractivity (Wildman–Crippen MR) is 99.2 cm³/mol. The molecule has 0 unspecified atom stereocenters. The van der Waals surface area contributed by atoms with E-state index in [4.69, 9.17) is 0 Å². The lowest BCUT2D eigenvalue weighted by atomic mass is 10.1. The molecule has 2 aromatic carbocycles. The first kappa shape index (κ1) is 16.8. The SMILES string of the molecule is O=C(NCc1ccc2c(c1)CNC2)c1ccc(CN2CCCC2=O)cc1. The fourth-order valence-electron chi connectivity index (χ4n) is 3.60. The maximum Gasteiger partial charge on any atom is 0.251 e. The van der Waals surface area contributed by atoms with Crippen molar-refractivity contribution in [3.05, 3.63) is 70.3 Å². The van der Waals surface area contributed by atoms with E-state index in [0.717, 1.165) is 37.2 Å². The van der Waals surface area contributed by atoms with Crippen molar-refractivity contribution in [3.8, 4) is 0 Å². The first-order chi connectivity index (χ1) is 12.7. The Hall–Kier alpha value is -2.66. The van der Waals surface area contributed by atoms with E-state index in [9.17, 15) is 9.59 Å². The Morgan fingerprint density at radius 3 is 2.58 bits per heavy atom.